The number of nitrogens with one attached hydrogen (secondary N) is 1. The molecule has 0 amide bonds. The van der Waals surface area contributed by atoms with Crippen LogP contribution in [0.15, 0.2) is 78.9 Å². The van der Waals surface area contributed by atoms with E-state index < -0.39 is 6.10 Å². The number of ether oxygens (including phenoxy) is 3. The summed E-state index contributed by atoms with van der Waals surface area (Å²) in [6.45, 7) is 2.73. The number of rotatable bonds is 11. The molecule has 0 aromatic heterocycles. The maximum atomic E-state index is 10.5. The normalized spacial score (nSPS) is 13.1. The highest BCUT2D eigenvalue weighted by atomic mass is 16.5. The van der Waals surface area contributed by atoms with E-state index in [0.29, 0.717) is 6.54 Å². The van der Waals surface area contributed by atoms with Gasteiger partial charge in [-0.3, -0.25) is 0 Å². The summed E-state index contributed by atoms with van der Waals surface area (Å²) >= 11 is 0. The van der Waals surface area contributed by atoms with Crippen molar-refractivity contribution in [3.63, 3.8) is 0 Å². The first-order valence-electron chi connectivity index (χ1n) is 10.5. The van der Waals surface area contributed by atoms with Crippen LogP contribution in [-0.2, 0) is 4.74 Å². The molecule has 0 radical (unpaired) electrons. The van der Waals surface area contributed by atoms with Gasteiger partial charge in [0.15, 0.2) is 0 Å². The van der Waals surface area contributed by atoms with Crippen LogP contribution in [0, 0.1) is 0 Å². The summed E-state index contributed by atoms with van der Waals surface area (Å²) in [7, 11) is 3.29. The van der Waals surface area contributed by atoms with Crippen LogP contribution in [0.3, 0.4) is 0 Å². The second-order valence-electron chi connectivity index (χ2n) is 7.45. The first kappa shape index (κ1) is 22.8. The van der Waals surface area contributed by atoms with E-state index >= 15 is 0 Å². The average Bonchev–Trinajstić information content (AvgIpc) is 2.84. The molecule has 2 N–H and O–H groups in total. The first-order valence-corrected chi connectivity index (χ1v) is 10.5. The van der Waals surface area contributed by atoms with E-state index in [0.717, 1.165) is 22.6 Å². The number of hydrogen-bond acceptors (Lipinski definition) is 5. The molecular weight excluding hydrogens is 390 g/mol. The van der Waals surface area contributed by atoms with Crippen LogP contribution in [0.1, 0.15) is 35.8 Å². The zero-order valence-electron chi connectivity index (χ0n) is 18.3. The molecule has 0 heterocycles. The standard InChI is InChI=1S/C26H31NO4/c1-19(20-7-5-4-6-8-20)27-17-23(28)18-31-26(21-9-13-24(29-2)14-10-21)22-11-15-25(30-3)16-12-22/h4-16,19,23,26-28H,17-18H2,1-3H3/t19-,23+/m1/s1. The molecule has 0 saturated carbocycles. The molecule has 5 nitrogen and oxygen atoms in total. The fourth-order valence-corrected chi connectivity index (χ4v) is 3.38. The molecule has 2 atom stereocenters. The fourth-order valence-electron chi connectivity index (χ4n) is 3.38. The quantitative estimate of drug-likeness (QED) is 0.477. The molecular formula is C26H31NO4. The number of aliphatic hydroxyl groups excluding tert-OH is 1. The molecule has 0 spiro atoms. The van der Waals surface area contributed by atoms with Crippen molar-refractivity contribution in [3.05, 3.63) is 95.6 Å². The number of benzene rings is 3. The van der Waals surface area contributed by atoms with E-state index in [1.807, 2.05) is 66.7 Å². The second kappa shape index (κ2) is 11.5. The maximum Gasteiger partial charge on any atom is 0.118 e. The summed E-state index contributed by atoms with van der Waals surface area (Å²) in [5, 5.41) is 13.9. The van der Waals surface area contributed by atoms with Gasteiger partial charge < -0.3 is 24.6 Å². The van der Waals surface area contributed by atoms with Gasteiger partial charge in [-0.1, -0.05) is 54.6 Å². The minimum atomic E-state index is -0.634. The molecule has 3 rings (SSSR count). The monoisotopic (exact) mass is 421 g/mol. The summed E-state index contributed by atoms with van der Waals surface area (Å²) in [5.41, 5.74) is 3.16. The van der Waals surface area contributed by atoms with Gasteiger partial charge in [0.2, 0.25) is 0 Å². The van der Waals surface area contributed by atoms with Gasteiger partial charge in [0.05, 0.1) is 26.9 Å². The van der Waals surface area contributed by atoms with Crippen LogP contribution in [0.25, 0.3) is 0 Å². The van der Waals surface area contributed by atoms with E-state index in [1.165, 1.54) is 5.56 Å². The van der Waals surface area contributed by atoms with Gasteiger partial charge in [-0.25, -0.2) is 0 Å². The Labute approximate surface area is 184 Å². The van der Waals surface area contributed by atoms with Crippen molar-refractivity contribution < 1.29 is 19.3 Å². The van der Waals surface area contributed by atoms with E-state index in [2.05, 4.69) is 24.4 Å². The van der Waals surface area contributed by atoms with Gasteiger partial charge in [0, 0.05) is 12.6 Å². The van der Waals surface area contributed by atoms with Gasteiger partial charge in [-0.15, -0.1) is 0 Å². The van der Waals surface area contributed by atoms with Crippen molar-refractivity contribution >= 4 is 0 Å². The number of hydrogen-bond donors (Lipinski definition) is 2. The number of methoxy groups -OCH3 is 2. The van der Waals surface area contributed by atoms with E-state index in [9.17, 15) is 5.11 Å². The summed E-state index contributed by atoms with van der Waals surface area (Å²) in [6.07, 6.45) is -0.942. The predicted molar refractivity (Wildman–Crippen MR) is 123 cm³/mol. The van der Waals surface area contributed by atoms with Crippen LogP contribution in [0.4, 0.5) is 0 Å². The molecule has 0 aliphatic heterocycles. The molecule has 0 fully saturated rings. The van der Waals surface area contributed by atoms with Crippen molar-refractivity contribution in [2.75, 3.05) is 27.4 Å². The summed E-state index contributed by atoms with van der Waals surface area (Å²) in [6, 6.07) is 25.9. The molecule has 0 aliphatic carbocycles. The van der Waals surface area contributed by atoms with Crippen LogP contribution in [-0.4, -0.2) is 38.6 Å². The zero-order chi connectivity index (χ0) is 22.1. The first-order chi connectivity index (χ1) is 15.1. The third-order valence-corrected chi connectivity index (χ3v) is 5.25. The molecule has 0 bridgehead atoms. The van der Waals surface area contributed by atoms with E-state index in [4.69, 9.17) is 14.2 Å². The average molecular weight is 422 g/mol. The Morgan fingerprint density at radius 2 is 1.26 bits per heavy atom. The van der Waals surface area contributed by atoms with E-state index in [1.54, 1.807) is 14.2 Å². The molecule has 0 unspecified atom stereocenters. The van der Waals surface area contributed by atoms with Gasteiger partial charge in [0.1, 0.15) is 17.6 Å². The molecule has 5 heteroatoms. The van der Waals surface area contributed by atoms with Crippen molar-refractivity contribution in [3.8, 4) is 11.5 Å². The molecule has 3 aromatic rings. The fraction of sp³-hybridized carbons (Fsp3) is 0.308. The Hall–Kier alpha value is -2.86. The van der Waals surface area contributed by atoms with Crippen LogP contribution in [0.5, 0.6) is 11.5 Å². The predicted octanol–water partition coefficient (Wildman–Crippen LogP) is 4.52. The lowest BCUT2D eigenvalue weighted by Crippen LogP contribution is -2.32. The van der Waals surface area contributed by atoms with Gasteiger partial charge in [0.25, 0.3) is 0 Å². The lowest BCUT2D eigenvalue weighted by Gasteiger charge is -2.23. The molecule has 0 aliphatic rings. The third kappa shape index (κ3) is 6.56. The second-order valence-corrected chi connectivity index (χ2v) is 7.45. The SMILES string of the molecule is COc1ccc(C(OC[C@@H](O)CN[C@H](C)c2ccccc2)c2ccc(OC)cc2)cc1. The molecule has 31 heavy (non-hydrogen) atoms. The third-order valence-electron chi connectivity index (χ3n) is 5.25. The van der Waals surface area contributed by atoms with Gasteiger partial charge in [-0.2, -0.15) is 0 Å². The van der Waals surface area contributed by atoms with Crippen LogP contribution in [0.2, 0.25) is 0 Å². The largest absolute Gasteiger partial charge is 0.497 e. The minimum Gasteiger partial charge on any atom is -0.497 e. The Morgan fingerprint density at radius 1 is 0.742 bits per heavy atom. The Morgan fingerprint density at radius 3 is 1.74 bits per heavy atom. The summed E-state index contributed by atoms with van der Waals surface area (Å²) < 4.78 is 16.7. The van der Waals surface area contributed by atoms with Crippen LogP contribution < -0.4 is 14.8 Å². The van der Waals surface area contributed by atoms with Crippen molar-refractivity contribution in [2.24, 2.45) is 0 Å². The van der Waals surface area contributed by atoms with E-state index in [-0.39, 0.29) is 18.8 Å². The lowest BCUT2D eigenvalue weighted by atomic mass is 10.0. The minimum absolute atomic E-state index is 0.148. The Bertz CT molecular complexity index is 849. The molecule has 164 valence electrons. The van der Waals surface area contributed by atoms with Gasteiger partial charge in [-0.05, 0) is 47.9 Å². The van der Waals surface area contributed by atoms with Crippen molar-refractivity contribution in [1.29, 1.82) is 0 Å². The lowest BCUT2D eigenvalue weighted by molar-refractivity contribution is 0.00575. The topological polar surface area (TPSA) is 60.0 Å². The van der Waals surface area contributed by atoms with Crippen molar-refractivity contribution in [2.45, 2.75) is 25.2 Å². The van der Waals surface area contributed by atoms with Gasteiger partial charge >= 0.3 is 0 Å². The molecule has 0 saturated heterocycles. The Balaban J connectivity index is 1.64. The summed E-state index contributed by atoms with van der Waals surface area (Å²) in [5.74, 6) is 1.58. The molecule has 3 aromatic carbocycles. The Kier molecular flexibility index (Phi) is 8.47. The van der Waals surface area contributed by atoms with Crippen LogP contribution >= 0.6 is 0 Å². The smallest absolute Gasteiger partial charge is 0.118 e. The van der Waals surface area contributed by atoms with Crippen molar-refractivity contribution in [1.82, 2.24) is 5.32 Å². The summed E-state index contributed by atoms with van der Waals surface area (Å²) in [4.78, 5) is 0. The highest BCUT2D eigenvalue weighted by molar-refractivity contribution is 5.36. The highest BCUT2D eigenvalue weighted by Gasteiger charge is 2.18. The highest BCUT2D eigenvalue weighted by Crippen LogP contribution is 2.29. The zero-order valence-corrected chi connectivity index (χ0v) is 18.3. The number of aliphatic hydroxyl groups is 1. The maximum absolute atomic E-state index is 10.5.